The van der Waals surface area contributed by atoms with Gasteiger partial charge in [0.25, 0.3) is 15.7 Å². The number of alkyl halides is 3. The molecule has 0 aliphatic heterocycles. The average Bonchev–Trinajstić information content (AvgIpc) is 2.77. The Hall–Kier alpha value is -3.93. The van der Waals surface area contributed by atoms with Gasteiger partial charge >= 0.3 is 6.18 Å². The van der Waals surface area contributed by atoms with Crippen molar-refractivity contribution in [2.45, 2.75) is 11.1 Å². The third kappa shape index (κ3) is 5.47. The number of halogens is 3. The third-order valence-electron chi connectivity index (χ3n) is 4.45. The quantitative estimate of drug-likeness (QED) is 0.398. The summed E-state index contributed by atoms with van der Waals surface area (Å²) >= 11 is 0. The predicted molar refractivity (Wildman–Crippen MR) is 114 cm³/mol. The molecular formula is C21H16F3N3O5S. The number of para-hydroxylation sites is 1. The predicted octanol–water partition coefficient (Wildman–Crippen LogP) is 4.45. The first kappa shape index (κ1) is 23.7. The first-order valence-corrected chi connectivity index (χ1v) is 10.7. The number of sulfonamides is 1. The fourth-order valence-electron chi connectivity index (χ4n) is 2.96. The van der Waals surface area contributed by atoms with Crippen molar-refractivity contribution in [1.29, 1.82) is 0 Å². The Bertz CT molecular complexity index is 1280. The van der Waals surface area contributed by atoms with Gasteiger partial charge in [-0.15, -0.1) is 0 Å². The van der Waals surface area contributed by atoms with E-state index in [9.17, 15) is 36.5 Å². The van der Waals surface area contributed by atoms with Gasteiger partial charge in [0.05, 0.1) is 26.8 Å². The molecule has 3 rings (SSSR count). The van der Waals surface area contributed by atoms with Gasteiger partial charge in [0, 0.05) is 12.1 Å². The van der Waals surface area contributed by atoms with Crippen molar-refractivity contribution in [3.8, 4) is 0 Å². The number of nitro groups is 1. The molecule has 0 fully saturated rings. The smallest absolute Gasteiger partial charge is 0.324 e. The minimum atomic E-state index is -4.75. The molecular weight excluding hydrogens is 463 g/mol. The maximum absolute atomic E-state index is 13.2. The van der Waals surface area contributed by atoms with Crippen LogP contribution in [0.1, 0.15) is 5.56 Å². The Labute approximate surface area is 186 Å². The molecule has 1 amide bonds. The molecule has 12 heteroatoms. The van der Waals surface area contributed by atoms with Gasteiger partial charge in [-0.3, -0.25) is 19.2 Å². The number of amides is 1. The Balaban J connectivity index is 2.00. The van der Waals surface area contributed by atoms with Crippen molar-refractivity contribution < 1.29 is 31.3 Å². The van der Waals surface area contributed by atoms with E-state index in [1.807, 2.05) is 0 Å². The van der Waals surface area contributed by atoms with Crippen LogP contribution >= 0.6 is 0 Å². The molecule has 172 valence electrons. The number of carbonyl (C=O) groups is 1. The van der Waals surface area contributed by atoms with Crippen LogP contribution in [-0.4, -0.2) is 25.8 Å². The van der Waals surface area contributed by atoms with E-state index in [1.165, 1.54) is 42.5 Å². The second-order valence-corrected chi connectivity index (χ2v) is 8.56. The fraction of sp³-hybridized carbons (Fsp3) is 0.0952. The van der Waals surface area contributed by atoms with Gasteiger partial charge in [-0.05, 0) is 30.3 Å². The summed E-state index contributed by atoms with van der Waals surface area (Å²) in [5.41, 5.74) is -2.28. The summed E-state index contributed by atoms with van der Waals surface area (Å²) < 4.78 is 66.8. The molecule has 0 unspecified atom stereocenters. The average molecular weight is 479 g/mol. The van der Waals surface area contributed by atoms with Crippen LogP contribution in [0, 0.1) is 10.1 Å². The zero-order valence-electron chi connectivity index (χ0n) is 16.7. The molecule has 0 radical (unpaired) electrons. The Morgan fingerprint density at radius 1 is 0.970 bits per heavy atom. The zero-order chi connectivity index (χ0) is 24.2. The maximum atomic E-state index is 13.2. The van der Waals surface area contributed by atoms with Gasteiger partial charge in [-0.2, -0.15) is 13.2 Å². The van der Waals surface area contributed by atoms with Crippen LogP contribution in [0.4, 0.5) is 30.2 Å². The highest BCUT2D eigenvalue weighted by Crippen LogP contribution is 2.34. The van der Waals surface area contributed by atoms with Crippen molar-refractivity contribution in [2.24, 2.45) is 0 Å². The summed E-state index contributed by atoms with van der Waals surface area (Å²) in [7, 11) is -4.39. The SMILES string of the molecule is O=C(CN(c1cccc([N+](=O)[O-])c1)S(=O)(=O)c1ccccc1)Nc1ccccc1C(F)(F)F. The highest BCUT2D eigenvalue weighted by molar-refractivity contribution is 7.92. The number of nitrogens with zero attached hydrogens (tertiary/aromatic N) is 2. The molecule has 0 atom stereocenters. The lowest BCUT2D eigenvalue weighted by atomic mass is 10.1. The van der Waals surface area contributed by atoms with E-state index in [0.717, 1.165) is 30.3 Å². The second-order valence-electron chi connectivity index (χ2n) is 6.69. The van der Waals surface area contributed by atoms with Gasteiger partial charge in [-0.25, -0.2) is 8.42 Å². The molecule has 33 heavy (non-hydrogen) atoms. The maximum Gasteiger partial charge on any atom is 0.418 e. The van der Waals surface area contributed by atoms with Crippen LogP contribution in [0.5, 0.6) is 0 Å². The van der Waals surface area contributed by atoms with Gasteiger partial charge in [0.1, 0.15) is 6.54 Å². The first-order chi connectivity index (χ1) is 15.5. The van der Waals surface area contributed by atoms with E-state index in [2.05, 4.69) is 5.32 Å². The van der Waals surface area contributed by atoms with Gasteiger partial charge in [0.15, 0.2) is 0 Å². The largest absolute Gasteiger partial charge is 0.418 e. The van der Waals surface area contributed by atoms with Crippen molar-refractivity contribution in [2.75, 3.05) is 16.2 Å². The lowest BCUT2D eigenvalue weighted by molar-refractivity contribution is -0.384. The van der Waals surface area contributed by atoms with Crippen molar-refractivity contribution in [3.63, 3.8) is 0 Å². The lowest BCUT2D eigenvalue weighted by Gasteiger charge is -2.24. The number of anilines is 2. The molecule has 0 aliphatic rings. The molecule has 1 N–H and O–H groups in total. The van der Waals surface area contributed by atoms with Crippen LogP contribution in [-0.2, 0) is 21.0 Å². The van der Waals surface area contributed by atoms with Crippen LogP contribution in [0.3, 0.4) is 0 Å². The standard InChI is InChI=1S/C21H16F3N3O5S/c22-21(23,24)18-11-4-5-12-19(18)25-20(28)14-26(15-7-6-8-16(13-15)27(29)30)33(31,32)17-9-2-1-3-10-17/h1-13H,14H2,(H,25,28). The number of nitrogens with one attached hydrogen (secondary N) is 1. The van der Waals surface area contributed by atoms with Crippen LogP contribution in [0.15, 0.2) is 83.8 Å². The van der Waals surface area contributed by atoms with E-state index in [0.29, 0.717) is 4.31 Å². The molecule has 0 aromatic heterocycles. The number of hydrogen-bond acceptors (Lipinski definition) is 5. The summed E-state index contributed by atoms with van der Waals surface area (Å²) in [6.45, 7) is -0.926. The van der Waals surface area contributed by atoms with Crippen LogP contribution in [0.2, 0.25) is 0 Å². The Morgan fingerprint density at radius 2 is 1.61 bits per heavy atom. The number of benzene rings is 3. The molecule has 0 spiro atoms. The van der Waals surface area contributed by atoms with Crippen molar-refractivity contribution in [1.82, 2.24) is 0 Å². The minimum absolute atomic E-state index is 0.202. The van der Waals surface area contributed by atoms with Crippen LogP contribution in [0.25, 0.3) is 0 Å². The number of rotatable bonds is 7. The first-order valence-electron chi connectivity index (χ1n) is 9.28. The summed E-state index contributed by atoms with van der Waals surface area (Å²) in [6, 6.07) is 15.8. The number of nitro benzene ring substituents is 1. The molecule has 3 aromatic carbocycles. The van der Waals surface area contributed by atoms with E-state index in [4.69, 9.17) is 0 Å². The zero-order valence-corrected chi connectivity index (χ0v) is 17.5. The molecule has 0 saturated heterocycles. The molecule has 0 heterocycles. The number of non-ortho nitro benzene ring substituents is 1. The highest BCUT2D eigenvalue weighted by atomic mass is 32.2. The summed E-state index contributed by atoms with van der Waals surface area (Å²) in [6.07, 6.45) is -4.75. The Morgan fingerprint density at radius 3 is 2.24 bits per heavy atom. The normalized spacial score (nSPS) is 11.6. The Kier molecular flexibility index (Phi) is 6.68. The number of carbonyl (C=O) groups excluding carboxylic acids is 1. The van der Waals surface area contributed by atoms with Gasteiger partial charge in [-0.1, -0.05) is 36.4 Å². The van der Waals surface area contributed by atoms with E-state index in [-0.39, 0.29) is 10.6 Å². The molecule has 0 bridgehead atoms. The third-order valence-corrected chi connectivity index (χ3v) is 6.24. The number of hydrogen-bond donors (Lipinski definition) is 1. The van der Waals surface area contributed by atoms with Crippen molar-refractivity contribution in [3.05, 3.63) is 94.5 Å². The lowest BCUT2D eigenvalue weighted by Crippen LogP contribution is -2.38. The fourth-order valence-corrected chi connectivity index (χ4v) is 4.39. The summed E-state index contributed by atoms with van der Waals surface area (Å²) in [4.78, 5) is 22.8. The minimum Gasteiger partial charge on any atom is -0.324 e. The molecule has 8 nitrogen and oxygen atoms in total. The van der Waals surface area contributed by atoms with Crippen LogP contribution < -0.4 is 9.62 Å². The summed E-state index contributed by atoms with van der Waals surface area (Å²) in [5.74, 6) is -1.07. The van der Waals surface area contributed by atoms with Gasteiger partial charge < -0.3 is 5.32 Å². The summed E-state index contributed by atoms with van der Waals surface area (Å²) in [5, 5.41) is 13.2. The van der Waals surface area contributed by atoms with E-state index >= 15 is 0 Å². The second kappa shape index (κ2) is 9.28. The monoisotopic (exact) mass is 479 g/mol. The molecule has 0 saturated carbocycles. The van der Waals surface area contributed by atoms with Gasteiger partial charge in [0.2, 0.25) is 5.91 Å². The van der Waals surface area contributed by atoms with E-state index < -0.39 is 50.5 Å². The topological polar surface area (TPSA) is 110 Å². The highest BCUT2D eigenvalue weighted by Gasteiger charge is 2.34. The molecule has 3 aromatic rings. The van der Waals surface area contributed by atoms with Crippen molar-refractivity contribution >= 4 is 33.0 Å². The molecule has 0 aliphatic carbocycles. The van der Waals surface area contributed by atoms with E-state index in [1.54, 1.807) is 6.07 Å².